The van der Waals surface area contributed by atoms with E-state index in [4.69, 9.17) is 0 Å². The Kier molecular flexibility index (Phi) is 4.65. The summed E-state index contributed by atoms with van der Waals surface area (Å²) in [5.41, 5.74) is 1.65. The minimum atomic E-state index is -3.65. The van der Waals surface area contributed by atoms with Crippen LogP contribution in [0.1, 0.15) is 34.5 Å². The van der Waals surface area contributed by atoms with Crippen LogP contribution < -0.4 is 4.31 Å². The molecule has 1 aromatic heterocycles. The van der Waals surface area contributed by atoms with E-state index in [1.165, 1.54) is 30.3 Å². The van der Waals surface area contributed by atoms with Crippen LogP contribution in [0.3, 0.4) is 0 Å². The summed E-state index contributed by atoms with van der Waals surface area (Å²) in [5, 5.41) is 11.3. The molecule has 0 spiro atoms. The predicted molar refractivity (Wildman–Crippen MR) is 111 cm³/mol. The van der Waals surface area contributed by atoms with Crippen LogP contribution in [0.15, 0.2) is 42.6 Å². The highest BCUT2D eigenvalue weighted by molar-refractivity contribution is 7.92. The Morgan fingerprint density at radius 2 is 1.90 bits per heavy atom. The standard InChI is InChI=1S/C21H20FN3O4S/c1-12-16-17(21(27)25(12)11-13-6-8-14(22)9-7-13)20(26)18-15(5-4-10-23-18)19(16)24(2)30(3,28)29/h4-10,12,26H,11H2,1-3H3. The number of hydrogen-bond donors (Lipinski definition) is 1. The van der Waals surface area contributed by atoms with Crippen molar-refractivity contribution < 1.29 is 22.7 Å². The summed E-state index contributed by atoms with van der Waals surface area (Å²) >= 11 is 0. The second-order valence-electron chi connectivity index (χ2n) is 7.35. The number of carbonyl (C=O) groups is 1. The molecule has 1 unspecified atom stereocenters. The molecule has 3 aromatic rings. The molecule has 7 nitrogen and oxygen atoms in total. The van der Waals surface area contributed by atoms with E-state index in [-0.39, 0.29) is 29.2 Å². The van der Waals surface area contributed by atoms with Crippen molar-refractivity contribution in [3.63, 3.8) is 0 Å². The molecule has 4 rings (SSSR count). The van der Waals surface area contributed by atoms with Crippen molar-refractivity contribution in [1.29, 1.82) is 0 Å². The summed E-state index contributed by atoms with van der Waals surface area (Å²) < 4.78 is 39.1. The van der Waals surface area contributed by atoms with Crippen molar-refractivity contribution >= 4 is 32.5 Å². The van der Waals surface area contributed by atoms with E-state index in [2.05, 4.69) is 4.98 Å². The zero-order valence-corrected chi connectivity index (χ0v) is 17.4. The van der Waals surface area contributed by atoms with Gasteiger partial charge in [-0.3, -0.25) is 14.1 Å². The second-order valence-corrected chi connectivity index (χ2v) is 9.37. The number of amides is 1. The molecule has 0 bridgehead atoms. The summed E-state index contributed by atoms with van der Waals surface area (Å²) in [6.45, 7) is 1.95. The van der Waals surface area contributed by atoms with Gasteiger partial charge >= 0.3 is 0 Å². The lowest BCUT2D eigenvalue weighted by Crippen LogP contribution is -2.28. The molecule has 30 heavy (non-hydrogen) atoms. The first-order chi connectivity index (χ1) is 14.1. The number of phenols is 1. The van der Waals surface area contributed by atoms with E-state index >= 15 is 0 Å². The van der Waals surface area contributed by atoms with Gasteiger partial charge in [-0.2, -0.15) is 0 Å². The quantitative estimate of drug-likeness (QED) is 0.688. The lowest BCUT2D eigenvalue weighted by Gasteiger charge is -2.26. The summed E-state index contributed by atoms with van der Waals surface area (Å²) in [7, 11) is -2.24. The van der Waals surface area contributed by atoms with Crippen molar-refractivity contribution in [1.82, 2.24) is 9.88 Å². The van der Waals surface area contributed by atoms with Gasteiger partial charge in [0.2, 0.25) is 10.0 Å². The van der Waals surface area contributed by atoms with Gasteiger partial charge in [0.15, 0.2) is 5.75 Å². The zero-order chi connectivity index (χ0) is 21.8. The van der Waals surface area contributed by atoms with Gasteiger partial charge < -0.3 is 10.0 Å². The number of fused-ring (bicyclic) bond motifs is 2. The molecule has 2 heterocycles. The van der Waals surface area contributed by atoms with Crippen LogP contribution in [0.4, 0.5) is 10.1 Å². The van der Waals surface area contributed by atoms with E-state index in [0.29, 0.717) is 22.2 Å². The largest absolute Gasteiger partial charge is 0.505 e. The minimum Gasteiger partial charge on any atom is -0.505 e. The fourth-order valence-electron chi connectivity index (χ4n) is 3.89. The molecule has 0 saturated heterocycles. The maximum Gasteiger partial charge on any atom is 0.258 e. The Hall–Kier alpha value is -3.20. The number of rotatable bonds is 4. The predicted octanol–water partition coefficient (Wildman–Crippen LogP) is 3.19. The third-order valence-electron chi connectivity index (χ3n) is 5.49. The molecule has 1 amide bonds. The lowest BCUT2D eigenvalue weighted by atomic mass is 9.97. The van der Waals surface area contributed by atoms with Gasteiger partial charge in [0.1, 0.15) is 11.3 Å². The molecule has 156 valence electrons. The molecule has 1 atom stereocenters. The fourth-order valence-corrected chi connectivity index (χ4v) is 4.42. The maximum atomic E-state index is 13.3. The SMILES string of the molecule is CC1c2c(c(O)c3ncccc3c2N(C)S(C)(=O)=O)C(=O)N1Cc1ccc(F)cc1. The minimum absolute atomic E-state index is 0.0429. The van der Waals surface area contributed by atoms with Gasteiger partial charge in [-0.05, 0) is 36.8 Å². The second kappa shape index (κ2) is 6.94. The van der Waals surface area contributed by atoms with Gasteiger partial charge in [-0.1, -0.05) is 12.1 Å². The highest BCUT2D eigenvalue weighted by Gasteiger charge is 2.41. The number of hydrogen-bond acceptors (Lipinski definition) is 5. The monoisotopic (exact) mass is 429 g/mol. The van der Waals surface area contributed by atoms with E-state index in [9.17, 15) is 22.7 Å². The Balaban J connectivity index is 1.94. The average molecular weight is 429 g/mol. The highest BCUT2D eigenvalue weighted by atomic mass is 32.2. The zero-order valence-electron chi connectivity index (χ0n) is 16.6. The molecule has 2 aromatic carbocycles. The first-order valence-corrected chi connectivity index (χ1v) is 11.1. The summed E-state index contributed by atoms with van der Waals surface area (Å²) in [4.78, 5) is 19.0. The molecule has 0 radical (unpaired) electrons. The molecule has 1 aliphatic heterocycles. The van der Waals surface area contributed by atoms with Gasteiger partial charge in [-0.15, -0.1) is 0 Å². The first-order valence-electron chi connectivity index (χ1n) is 9.24. The van der Waals surface area contributed by atoms with Crippen LogP contribution in [-0.2, 0) is 16.6 Å². The average Bonchev–Trinajstić information content (AvgIpc) is 2.94. The summed E-state index contributed by atoms with van der Waals surface area (Å²) in [6, 6.07) is 8.58. The molecule has 1 aliphatic rings. The fraction of sp³-hybridized carbons (Fsp3) is 0.238. The number of sulfonamides is 1. The van der Waals surface area contributed by atoms with Gasteiger partial charge in [0.05, 0.1) is 23.5 Å². The maximum absolute atomic E-state index is 13.3. The molecule has 0 aliphatic carbocycles. The van der Waals surface area contributed by atoms with Crippen molar-refractivity contribution in [2.24, 2.45) is 0 Å². The van der Waals surface area contributed by atoms with Crippen molar-refractivity contribution in [2.75, 3.05) is 17.6 Å². The van der Waals surface area contributed by atoms with E-state index in [1.807, 2.05) is 0 Å². The number of aromatic hydroxyl groups is 1. The molecule has 1 N–H and O–H groups in total. The number of anilines is 1. The number of carbonyl (C=O) groups excluding carboxylic acids is 1. The van der Waals surface area contributed by atoms with Crippen LogP contribution in [0.5, 0.6) is 5.75 Å². The topological polar surface area (TPSA) is 90.8 Å². The van der Waals surface area contributed by atoms with Crippen LogP contribution in [0.25, 0.3) is 10.9 Å². The highest BCUT2D eigenvalue weighted by Crippen LogP contribution is 2.49. The van der Waals surface area contributed by atoms with Gasteiger partial charge in [-0.25, -0.2) is 12.8 Å². The van der Waals surface area contributed by atoms with Crippen LogP contribution in [-0.4, -0.2) is 42.6 Å². The third-order valence-corrected chi connectivity index (χ3v) is 6.66. The number of phenolic OH excluding ortho intramolecular Hbond substituents is 1. The van der Waals surface area contributed by atoms with Gasteiger partial charge in [0, 0.05) is 30.7 Å². The van der Waals surface area contributed by atoms with E-state index in [0.717, 1.165) is 10.6 Å². The van der Waals surface area contributed by atoms with E-state index in [1.54, 1.807) is 31.2 Å². The molecule has 9 heteroatoms. The Morgan fingerprint density at radius 1 is 1.23 bits per heavy atom. The van der Waals surface area contributed by atoms with Crippen molar-refractivity contribution in [2.45, 2.75) is 19.5 Å². The van der Waals surface area contributed by atoms with Crippen LogP contribution in [0.2, 0.25) is 0 Å². The van der Waals surface area contributed by atoms with Crippen LogP contribution in [0, 0.1) is 5.82 Å². The number of pyridine rings is 1. The molecule has 0 fully saturated rings. The molecular formula is C21H20FN3O4S. The third kappa shape index (κ3) is 3.06. The number of aromatic nitrogens is 1. The Labute approximate surface area is 173 Å². The smallest absolute Gasteiger partial charge is 0.258 e. The first kappa shape index (κ1) is 20.1. The molecule has 0 saturated carbocycles. The van der Waals surface area contributed by atoms with Crippen molar-refractivity contribution in [3.05, 3.63) is 65.1 Å². The van der Waals surface area contributed by atoms with Crippen LogP contribution >= 0.6 is 0 Å². The Bertz CT molecular complexity index is 1280. The van der Waals surface area contributed by atoms with Crippen molar-refractivity contribution in [3.8, 4) is 5.75 Å². The number of halogens is 1. The lowest BCUT2D eigenvalue weighted by molar-refractivity contribution is 0.0721. The normalized spacial score (nSPS) is 16.2. The summed E-state index contributed by atoms with van der Waals surface area (Å²) in [5.74, 6) is -1.09. The Morgan fingerprint density at radius 3 is 2.53 bits per heavy atom. The number of nitrogens with zero attached hydrogens (tertiary/aromatic N) is 3. The van der Waals surface area contributed by atoms with E-state index < -0.39 is 22.0 Å². The number of benzene rings is 2. The van der Waals surface area contributed by atoms with Gasteiger partial charge in [0.25, 0.3) is 5.91 Å². The molecular weight excluding hydrogens is 409 g/mol. The summed E-state index contributed by atoms with van der Waals surface area (Å²) in [6.07, 6.45) is 2.55.